The number of H-pyrrole nitrogens is 1. The molecule has 496 valence electrons. The predicted molar refractivity (Wildman–Crippen MR) is 312 cm³/mol. The number of aromatic amines is 1. The van der Waals surface area contributed by atoms with Crippen LogP contribution >= 0.6 is 0 Å². The highest BCUT2D eigenvalue weighted by Crippen LogP contribution is 2.22. The van der Waals surface area contributed by atoms with Crippen LogP contribution in [0, 0.1) is 11.8 Å². The van der Waals surface area contributed by atoms with Crippen LogP contribution in [0.1, 0.15) is 104 Å². The van der Waals surface area contributed by atoms with E-state index in [0.717, 1.165) is 6.92 Å². The van der Waals surface area contributed by atoms with Crippen molar-refractivity contribution in [1.82, 2.24) is 68.0 Å². The van der Waals surface area contributed by atoms with Crippen molar-refractivity contribution in [3.8, 4) is 5.75 Å². The maximum atomic E-state index is 14.3. The highest BCUT2D eigenvalue weighted by molar-refractivity contribution is 6.38. The van der Waals surface area contributed by atoms with Gasteiger partial charge in [0.15, 0.2) is 0 Å². The number of aromatic nitrogens is 2. The normalized spacial score (nSPS) is 15.8. The number of likely N-dealkylation sites (tertiary alicyclic amines) is 1. The Morgan fingerprint density at radius 3 is 1.64 bits per heavy atom. The van der Waals surface area contributed by atoms with E-state index in [1.54, 1.807) is 34.6 Å². The van der Waals surface area contributed by atoms with E-state index in [2.05, 4.69) is 63.1 Å². The molecule has 10 atom stereocenters. The summed E-state index contributed by atoms with van der Waals surface area (Å²) in [5, 5.41) is 71.8. The average molecular weight is 1270 g/mol. The second-order valence-corrected chi connectivity index (χ2v) is 21.9. The van der Waals surface area contributed by atoms with Gasteiger partial charge in [-0.15, -0.1) is 0 Å². The highest BCUT2D eigenvalue weighted by Gasteiger charge is 2.42. The molecule has 90 heavy (non-hydrogen) atoms. The number of ketones is 1. The summed E-state index contributed by atoms with van der Waals surface area (Å²) in [4.78, 5) is 205. The fraction of sp³-hybridized carbons (Fsp3) is 0.571. The predicted octanol–water partition coefficient (Wildman–Crippen LogP) is -5.73. The van der Waals surface area contributed by atoms with Gasteiger partial charge in [0.2, 0.25) is 70.8 Å². The number of phenols is 1. The number of hydrogen-bond donors (Lipinski definition) is 17. The molecule has 1 aliphatic rings. The van der Waals surface area contributed by atoms with E-state index in [1.165, 1.54) is 41.7 Å². The Morgan fingerprint density at radius 1 is 0.622 bits per heavy atom. The minimum absolute atomic E-state index is 0.0115. The zero-order valence-electron chi connectivity index (χ0n) is 50.6. The number of carboxylic acid groups (broad SMARTS) is 2. The Morgan fingerprint density at radius 2 is 1.13 bits per heavy atom. The molecule has 0 bridgehead atoms. The maximum Gasteiger partial charge on any atom is 0.303 e. The number of primary amides is 1. The first-order valence-electron chi connectivity index (χ1n) is 28.9. The number of aliphatic carboxylic acids is 2. The number of carboxylic acids is 2. The van der Waals surface area contributed by atoms with Crippen LogP contribution in [0.4, 0.5) is 0 Å². The van der Waals surface area contributed by atoms with Crippen LogP contribution < -0.4 is 58.9 Å². The molecule has 18 N–H and O–H groups in total. The third kappa shape index (κ3) is 24.2. The van der Waals surface area contributed by atoms with Gasteiger partial charge in [-0.1, -0.05) is 53.2 Å². The summed E-state index contributed by atoms with van der Waals surface area (Å²) in [6.45, 7) is 6.09. The fourth-order valence-electron chi connectivity index (χ4n) is 9.22. The Labute approximate surface area is 516 Å². The summed E-state index contributed by atoms with van der Waals surface area (Å²) in [6, 6.07) is -9.38. The number of aliphatic hydroxyl groups is 2. The number of Topliss-reactive ketones (excluding diaryl/α,β-unsaturated/α-hetero) is 1. The van der Waals surface area contributed by atoms with Crippen molar-refractivity contribution in [2.45, 2.75) is 166 Å². The summed E-state index contributed by atoms with van der Waals surface area (Å²) in [5.41, 5.74) is 5.99. The van der Waals surface area contributed by atoms with Crippen LogP contribution in [-0.2, 0) is 84.8 Å². The molecule has 1 unspecified atom stereocenters. The zero-order valence-corrected chi connectivity index (χ0v) is 50.6. The number of benzene rings is 1. The first-order valence-corrected chi connectivity index (χ1v) is 28.9. The molecule has 12 amide bonds. The van der Waals surface area contributed by atoms with Crippen LogP contribution in [0.3, 0.4) is 0 Å². The smallest absolute Gasteiger partial charge is 0.303 e. The number of amides is 12. The van der Waals surface area contributed by atoms with Gasteiger partial charge in [-0.25, -0.2) is 4.98 Å². The van der Waals surface area contributed by atoms with E-state index in [9.17, 15) is 92.3 Å². The lowest BCUT2D eigenvalue weighted by Gasteiger charge is -2.33. The van der Waals surface area contributed by atoms with Gasteiger partial charge in [0, 0.05) is 51.0 Å². The molecule has 0 aliphatic carbocycles. The molecule has 1 aliphatic heterocycles. The zero-order chi connectivity index (χ0) is 67.5. The van der Waals surface area contributed by atoms with Gasteiger partial charge in [0.1, 0.15) is 60.1 Å². The Balaban J connectivity index is 1.71. The fourth-order valence-corrected chi connectivity index (χ4v) is 9.22. The third-order valence-corrected chi connectivity index (χ3v) is 14.1. The number of phenolic OH excluding ortho intramolecular Hbond substituents is 1. The summed E-state index contributed by atoms with van der Waals surface area (Å²) in [6.07, 6.45) is 0.496. The number of rotatable bonds is 38. The highest BCUT2D eigenvalue weighted by atomic mass is 16.4. The summed E-state index contributed by atoms with van der Waals surface area (Å²) >= 11 is 0. The van der Waals surface area contributed by atoms with Gasteiger partial charge in [-0.3, -0.25) is 71.9 Å². The first kappa shape index (κ1) is 74.7. The number of carbonyl (C=O) groups is 15. The summed E-state index contributed by atoms with van der Waals surface area (Å²) < 4.78 is 0. The Bertz CT molecular complexity index is 2890. The minimum Gasteiger partial charge on any atom is -0.508 e. The van der Waals surface area contributed by atoms with Gasteiger partial charge >= 0.3 is 11.9 Å². The number of aliphatic hydroxyl groups excluding tert-OH is 2. The van der Waals surface area contributed by atoms with Crippen LogP contribution in [0.2, 0.25) is 0 Å². The monoisotopic (exact) mass is 1270 g/mol. The molecule has 0 saturated carbocycles. The molecule has 3 rings (SSSR count). The molecular weight excluding hydrogens is 1190 g/mol. The quantitative estimate of drug-likeness (QED) is 0.0279. The molecule has 2 aromatic rings. The number of nitrogens with zero attached hydrogens (tertiary/aromatic N) is 2. The lowest BCUT2D eigenvalue weighted by molar-refractivity contribution is -0.144. The SMILES string of the molecule is CCC[C@H](NC(=O)C1CCCN1C(=O)[C@@H](NC(=O)[C@@H](NC(=O)[C@H](CCC(=O)O)NC(=O)[C@H](CCC(=O)O)NC(C)=O)C(C)C)C(C)C)C(=O)C(=O)NCC(=O)N[C@H](CO)C(=O)N[C@@H](Cc1cnc[nH]1)C(=O)N[C@@H](Cc1ccc(O)cc1)C(=O)N[C@@H](CO)C(N)=O. The number of imidazole rings is 1. The van der Waals surface area contributed by atoms with Crippen LogP contribution in [0.25, 0.3) is 0 Å². The van der Waals surface area contributed by atoms with Crippen molar-refractivity contribution in [3.05, 3.63) is 48.0 Å². The molecular formula is C56H82N14O20. The standard InChI is InChI=1S/C56H82N14O20/c1-7-9-33(63-53(87)40-10-8-19-70(40)56(90)45(28(4)5)69-54(88)44(27(2)3)68-49(83)35(16-18-43(78)79)64-48(82)34(61-29(6)73)15-17-42(76)77)46(80)55(89)59-23-41(75)62-39(25-72)52(86)66-37(21-31-22-58-26-60-31)51(85)65-36(20-30-11-13-32(74)14-12-30)50(84)67-38(24-71)47(57)81/h11-14,22,26-28,33-40,44-45,71-72,74H,7-10,15-21,23-25H2,1-6H3,(H2,57,81)(H,58,60)(H,59,89)(H,61,73)(H,62,75)(H,63,87)(H,64,82)(H,65,85)(H,66,86)(H,67,84)(H,68,83)(H,69,88)(H,76,77)(H,78,79)/t33-,34-,35-,36-,37-,38-,39+,40?,44-,45-/m0/s1. The summed E-state index contributed by atoms with van der Waals surface area (Å²) in [7, 11) is 0. The number of aromatic hydroxyl groups is 1. The van der Waals surface area contributed by atoms with E-state index in [4.69, 9.17) is 10.8 Å². The number of nitrogens with one attached hydrogen (secondary N) is 11. The Kier molecular flexibility index (Phi) is 30.4. The number of hydrogen-bond acceptors (Lipinski definition) is 19. The molecule has 34 heteroatoms. The molecule has 1 aromatic carbocycles. The van der Waals surface area contributed by atoms with Crippen LogP contribution in [-0.4, -0.2) is 216 Å². The summed E-state index contributed by atoms with van der Waals surface area (Å²) in [5.74, 6) is -17.1. The maximum absolute atomic E-state index is 14.3. The molecule has 0 spiro atoms. The largest absolute Gasteiger partial charge is 0.508 e. The van der Waals surface area contributed by atoms with E-state index in [0.29, 0.717) is 11.3 Å². The van der Waals surface area contributed by atoms with E-state index in [-0.39, 0.29) is 57.2 Å². The molecule has 0 radical (unpaired) electrons. The molecule has 2 heterocycles. The van der Waals surface area contributed by atoms with Gasteiger partial charge < -0.3 is 94.3 Å². The van der Waals surface area contributed by atoms with E-state index >= 15 is 0 Å². The topological polar surface area (TPSA) is 535 Å². The Hall–Kier alpha value is -9.60. The van der Waals surface area contributed by atoms with Crippen molar-refractivity contribution in [2.75, 3.05) is 26.3 Å². The van der Waals surface area contributed by atoms with Gasteiger partial charge in [-0.2, -0.15) is 0 Å². The molecule has 1 fully saturated rings. The van der Waals surface area contributed by atoms with Crippen LogP contribution in [0.15, 0.2) is 36.8 Å². The first-order chi connectivity index (χ1) is 42.4. The average Bonchev–Trinajstić information content (AvgIpc) is 2.23. The second-order valence-electron chi connectivity index (χ2n) is 21.9. The van der Waals surface area contributed by atoms with Crippen molar-refractivity contribution >= 4 is 88.6 Å². The van der Waals surface area contributed by atoms with Crippen molar-refractivity contribution in [3.63, 3.8) is 0 Å². The lowest BCUT2D eigenvalue weighted by Crippen LogP contribution is -2.61. The second kappa shape index (κ2) is 36.6. The van der Waals surface area contributed by atoms with Gasteiger partial charge in [-0.05, 0) is 61.6 Å². The molecule has 34 nitrogen and oxygen atoms in total. The third-order valence-electron chi connectivity index (χ3n) is 14.1. The van der Waals surface area contributed by atoms with Crippen molar-refractivity contribution in [1.29, 1.82) is 0 Å². The van der Waals surface area contributed by atoms with E-state index < -0.39 is 200 Å². The van der Waals surface area contributed by atoms with Crippen molar-refractivity contribution < 1.29 is 97.5 Å². The lowest BCUT2D eigenvalue weighted by atomic mass is 9.98. The van der Waals surface area contributed by atoms with E-state index in [1.807, 2.05) is 0 Å². The minimum atomic E-state index is -1.79. The van der Waals surface area contributed by atoms with Gasteiger partial charge in [0.05, 0.1) is 32.1 Å². The molecule has 1 saturated heterocycles. The molecule has 1 aromatic heterocycles. The van der Waals surface area contributed by atoms with Crippen molar-refractivity contribution in [2.24, 2.45) is 17.6 Å². The number of nitrogens with two attached hydrogens (primary N) is 1. The number of carbonyl (C=O) groups excluding carboxylic acids is 13. The van der Waals surface area contributed by atoms with Gasteiger partial charge in [0.25, 0.3) is 5.91 Å². The van der Waals surface area contributed by atoms with Crippen LogP contribution in [0.5, 0.6) is 5.75 Å².